The molecule has 2 N–H and O–H groups in total. The summed E-state index contributed by atoms with van der Waals surface area (Å²) in [7, 11) is 1.71. The lowest BCUT2D eigenvalue weighted by Gasteiger charge is -2.22. The number of methoxy groups -OCH3 is 1. The van der Waals surface area contributed by atoms with Crippen molar-refractivity contribution in [1.29, 1.82) is 0 Å². The van der Waals surface area contributed by atoms with E-state index in [0.717, 1.165) is 35.5 Å². The first-order chi connectivity index (χ1) is 14.2. The Labute approximate surface area is 168 Å². The first kappa shape index (κ1) is 17.5. The van der Waals surface area contributed by atoms with Gasteiger partial charge in [0.2, 0.25) is 5.89 Å². The second-order valence-corrected chi connectivity index (χ2v) is 7.07. The Morgan fingerprint density at radius 3 is 2.90 bits per heavy atom. The number of ether oxygens (including phenoxy) is 2. The maximum Gasteiger partial charge on any atom is 0.320 e. The summed E-state index contributed by atoms with van der Waals surface area (Å²) in [5, 5.41) is 14.3. The van der Waals surface area contributed by atoms with Crippen LogP contribution < -0.4 is 15.4 Å². The van der Waals surface area contributed by atoms with Crippen LogP contribution in [0.2, 0.25) is 0 Å². The van der Waals surface area contributed by atoms with Crippen molar-refractivity contribution in [3.63, 3.8) is 0 Å². The highest BCUT2D eigenvalue weighted by Gasteiger charge is 2.28. The van der Waals surface area contributed by atoms with Gasteiger partial charge < -0.3 is 24.5 Å². The third-order valence-corrected chi connectivity index (χ3v) is 5.17. The summed E-state index contributed by atoms with van der Waals surface area (Å²) in [6.07, 6.45) is 2.00. The summed E-state index contributed by atoms with van der Waals surface area (Å²) in [5.41, 5.74) is 5.22. The Hall–Kier alpha value is -3.55. The molecule has 0 bridgehead atoms. The summed E-state index contributed by atoms with van der Waals surface area (Å²) in [5.74, 6) is 1.42. The predicted molar refractivity (Wildman–Crippen MR) is 108 cm³/mol. The van der Waals surface area contributed by atoms with Crippen LogP contribution in [0.25, 0.3) is 0 Å². The Kier molecular flexibility index (Phi) is 4.31. The fourth-order valence-electron chi connectivity index (χ4n) is 3.84. The number of nitrogens with zero attached hydrogens (tertiary/aromatic N) is 3. The van der Waals surface area contributed by atoms with E-state index in [2.05, 4.69) is 31.9 Å². The molecule has 1 atom stereocenters. The smallest absolute Gasteiger partial charge is 0.320 e. The molecule has 0 fully saturated rings. The summed E-state index contributed by atoms with van der Waals surface area (Å²) >= 11 is 0. The number of nitrogens with one attached hydrogen (secondary N) is 2. The van der Waals surface area contributed by atoms with Gasteiger partial charge in [-0.05, 0) is 42.7 Å². The topological polar surface area (TPSA) is 93.8 Å². The van der Waals surface area contributed by atoms with Gasteiger partial charge in [0.1, 0.15) is 12.4 Å². The zero-order chi connectivity index (χ0) is 19.8. The zero-order valence-corrected chi connectivity index (χ0v) is 16.2. The molecular weight excluding hydrogens is 370 g/mol. The van der Waals surface area contributed by atoms with E-state index < -0.39 is 0 Å². The lowest BCUT2D eigenvalue weighted by molar-refractivity contribution is 0.265. The van der Waals surface area contributed by atoms with Crippen LogP contribution in [0, 0.1) is 6.92 Å². The molecule has 5 rings (SSSR count). The molecule has 2 aliphatic rings. The van der Waals surface area contributed by atoms with Crippen molar-refractivity contribution < 1.29 is 13.9 Å². The predicted octanol–water partition coefficient (Wildman–Crippen LogP) is 3.93. The van der Waals surface area contributed by atoms with Crippen molar-refractivity contribution in [2.45, 2.75) is 32.4 Å². The average Bonchev–Trinajstić information content (AvgIpc) is 3.34. The molecule has 0 saturated heterocycles. The summed E-state index contributed by atoms with van der Waals surface area (Å²) in [6.45, 7) is 2.19. The molecule has 148 valence electrons. The van der Waals surface area contributed by atoms with Crippen LogP contribution in [-0.4, -0.2) is 23.3 Å². The zero-order valence-electron chi connectivity index (χ0n) is 16.2. The van der Waals surface area contributed by atoms with Crippen molar-refractivity contribution in [2.75, 3.05) is 12.4 Å². The minimum absolute atomic E-state index is 0.128. The van der Waals surface area contributed by atoms with E-state index in [0.29, 0.717) is 24.5 Å². The Bertz CT molecular complexity index is 1090. The minimum atomic E-state index is 0.128. The molecule has 0 radical (unpaired) electrons. The van der Waals surface area contributed by atoms with Crippen molar-refractivity contribution in [3.8, 4) is 5.75 Å². The van der Waals surface area contributed by atoms with Gasteiger partial charge in [0.05, 0.1) is 18.8 Å². The highest BCUT2D eigenvalue weighted by molar-refractivity contribution is 5.81. The van der Waals surface area contributed by atoms with Crippen LogP contribution in [0.5, 0.6) is 5.75 Å². The Balaban J connectivity index is 1.34. The van der Waals surface area contributed by atoms with E-state index >= 15 is 0 Å². The van der Waals surface area contributed by atoms with E-state index in [4.69, 9.17) is 13.9 Å². The number of amidine groups is 1. The van der Waals surface area contributed by atoms with Gasteiger partial charge in [0.15, 0.2) is 0 Å². The number of aryl methyl sites for hydroxylation is 2. The van der Waals surface area contributed by atoms with Crippen molar-refractivity contribution in [2.24, 2.45) is 4.99 Å². The lowest BCUT2D eigenvalue weighted by Crippen LogP contribution is -2.30. The quantitative estimate of drug-likeness (QED) is 0.696. The third-order valence-electron chi connectivity index (χ3n) is 5.17. The van der Waals surface area contributed by atoms with Crippen LogP contribution >= 0.6 is 0 Å². The Morgan fingerprint density at radius 1 is 1.14 bits per heavy atom. The maximum absolute atomic E-state index is 5.88. The molecular formula is C21H21N5O3. The average molecular weight is 391 g/mol. The van der Waals surface area contributed by atoms with E-state index in [1.54, 1.807) is 14.0 Å². The third kappa shape index (κ3) is 3.37. The highest BCUT2D eigenvalue weighted by Crippen LogP contribution is 2.38. The van der Waals surface area contributed by atoms with Crippen LogP contribution in [0.3, 0.4) is 0 Å². The van der Waals surface area contributed by atoms with Crippen LogP contribution in [0.4, 0.5) is 17.4 Å². The molecule has 0 saturated carbocycles. The monoisotopic (exact) mass is 391 g/mol. The number of hydrogen-bond acceptors (Lipinski definition) is 8. The second kappa shape index (κ2) is 7.12. The fraction of sp³-hybridized carbons (Fsp3) is 0.286. The largest absolute Gasteiger partial charge is 0.496 e. The first-order valence-electron chi connectivity index (χ1n) is 9.53. The summed E-state index contributed by atoms with van der Waals surface area (Å²) in [4.78, 5) is 4.65. The van der Waals surface area contributed by atoms with Gasteiger partial charge in [-0.2, -0.15) is 4.99 Å². The number of benzene rings is 2. The molecule has 2 aromatic carbocycles. The van der Waals surface area contributed by atoms with E-state index in [-0.39, 0.29) is 6.04 Å². The molecule has 8 nitrogen and oxygen atoms in total. The molecule has 0 amide bonds. The van der Waals surface area contributed by atoms with Gasteiger partial charge in [0, 0.05) is 23.7 Å². The Morgan fingerprint density at radius 2 is 2.07 bits per heavy atom. The van der Waals surface area contributed by atoms with Crippen molar-refractivity contribution >= 4 is 23.4 Å². The molecule has 1 aliphatic carbocycles. The minimum Gasteiger partial charge on any atom is -0.496 e. The number of anilines is 2. The van der Waals surface area contributed by atoms with Gasteiger partial charge in [-0.15, -0.1) is 5.10 Å². The number of hydrogen-bond donors (Lipinski definition) is 2. The molecule has 2 heterocycles. The van der Waals surface area contributed by atoms with E-state index in [1.807, 2.05) is 30.3 Å². The van der Waals surface area contributed by atoms with Gasteiger partial charge >= 0.3 is 6.01 Å². The first-order valence-corrected chi connectivity index (χ1v) is 9.53. The van der Waals surface area contributed by atoms with Crippen LogP contribution in [0.15, 0.2) is 45.8 Å². The maximum atomic E-state index is 5.88. The molecule has 29 heavy (non-hydrogen) atoms. The number of fused-ring (bicyclic) bond motifs is 2. The molecule has 1 aromatic heterocycles. The van der Waals surface area contributed by atoms with Crippen molar-refractivity contribution in [1.82, 2.24) is 15.5 Å². The molecule has 0 spiro atoms. The molecule has 1 aliphatic heterocycles. The molecule has 8 heteroatoms. The normalized spacial score (nSPS) is 17.0. The van der Waals surface area contributed by atoms with Gasteiger partial charge in [-0.3, -0.25) is 0 Å². The highest BCUT2D eigenvalue weighted by atomic mass is 16.5. The fourth-order valence-corrected chi connectivity index (χ4v) is 3.84. The number of rotatable bonds is 4. The summed E-state index contributed by atoms with van der Waals surface area (Å²) in [6, 6.07) is 13.1. The number of aromatic nitrogens is 2. The van der Waals surface area contributed by atoms with Gasteiger partial charge in [-0.1, -0.05) is 17.2 Å². The van der Waals surface area contributed by atoms with Crippen LogP contribution in [-0.2, 0) is 17.8 Å². The second-order valence-electron chi connectivity index (χ2n) is 7.07. The number of aliphatic imine (C=N–C) groups is 1. The molecule has 1 unspecified atom stereocenters. The van der Waals surface area contributed by atoms with E-state index in [1.165, 1.54) is 11.1 Å². The lowest BCUT2D eigenvalue weighted by atomic mass is 10.1. The molecule has 3 aromatic rings. The van der Waals surface area contributed by atoms with Crippen LogP contribution in [0.1, 0.15) is 35.0 Å². The summed E-state index contributed by atoms with van der Waals surface area (Å²) < 4.78 is 16.8. The van der Waals surface area contributed by atoms with Gasteiger partial charge in [0.25, 0.3) is 6.02 Å². The standard InChI is InChI=1S/C21H21N5O3/c1-12-25-26-21(29-12)22-15-7-9-16-14(10-15)11-28-20(23-16)24-17-8-6-13-4-3-5-18(27-2)19(13)17/h3-5,7,9-10,17H,6,8,11H2,1-2H3,(H,22,26)(H,23,24). The van der Waals surface area contributed by atoms with Crippen molar-refractivity contribution in [3.05, 3.63) is 59.0 Å². The van der Waals surface area contributed by atoms with E-state index in [9.17, 15) is 0 Å². The SMILES string of the molecule is COc1cccc2c1C(NC1=Nc3ccc(Nc4nnc(C)o4)cc3CO1)CC2. The van der Waals surface area contributed by atoms with Gasteiger partial charge in [-0.25, -0.2) is 0 Å².